The molecule has 0 spiro atoms. The molecule has 3 aromatic carbocycles. The summed E-state index contributed by atoms with van der Waals surface area (Å²) < 4.78 is 5.85. The average Bonchev–Trinajstić information content (AvgIpc) is 3.07. The SMILES string of the molecule is Cc1nc2ccccc2n1Cc1ccc(SNC(C)CCc2ccccc2)cc1. The van der Waals surface area contributed by atoms with E-state index in [1.54, 1.807) is 11.9 Å². The fourth-order valence-electron chi connectivity index (χ4n) is 3.50. The molecule has 0 bridgehead atoms. The number of nitrogens with zero attached hydrogens (tertiary/aromatic N) is 2. The van der Waals surface area contributed by atoms with Gasteiger partial charge in [-0.1, -0.05) is 54.6 Å². The highest BCUT2D eigenvalue weighted by Gasteiger charge is 2.08. The average molecular weight is 402 g/mol. The van der Waals surface area contributed by atoms with Crippen LogP contribution in [0.3, 0.4) is 0 Å². The smallest absolute Gasteiger partial charge is 0.107 e. The Morgan fingerprint density at radius 1 is 0.897 bits per heavy atom. The van der Waals surface area contributed by atoms with E-state index in [4.69, 9.17) is 0 Å². The van der Waals surface area contributed by atoms with Gasteiger partial charge in [0.15, 0.2) is 0 Å². The molecule has 1 unspecified atom stereocenters. The first kappa shape index (κ1) is 19.7. The van der Waals surface area contributed by atoms with Crippen LogP contribution in [0.4, 0.5) is 0 Å². The lowest BCUT2D eigenvalue weighted by atomic mass is 10.1. The summed E-state index contributed by atoms with van der Waals surface area (Å²) >= 11 is 1.72. The van der Waals surface area contributed by atoms with E-state index in [9.17, 15) is 0 Å². The van der Waals surface area contributed by atoms with Gasteiger partial charge in [0.05, 0.1) is 11.0 Å². The molecule has 0 aliphatic carbocycles. The number of aryl methyl sites for hydroxylation is 2. The molecule has 0 saturated heterocycles. The van der Waals surface area contributed by atoms with E-state index in [2.05, 4.69) is 101 Å². The second-order valence-corrected chi connectivity index (χ2v) is 8.43. The lowest BCUT2D eigenvalue weighted by molar-refractivity contribution is 0.628. The summed E-state index contributed by atoms with van der Waals surface area (Å²) in [6.45, 7) is 5.17. The van der Waals surface area contributed by atoms with Crippen molar-refractivity contribution in [2.75, 3.05) is 0 Å². The zero-order valence-corrected chi connectivity index (χ0v) is 17.8. The van der Waals surface area contributed by atoms with Gasteiger partial charge in [-0.25, -0.2) is 4.98 Å². The number of hydrogen-bond acceptors (Lipinski definition) is 3. The molecule has 1 aromatic heterocycles. The van der Waals surface area contributed by atoms with Crippen LogP contribution in [-0.4, -0.2) is 15.6 Å². The van der Waals surface area contributed by atoms with Crippen molar-refractivity contribution in [3.8, 4) is 0 Å². The topological polar surface area (TPSA) is 29.9 Å². The van der Waals surface area contributed by atoms with Gasteiger partial charge >= 0.3 is 0 Å². The summed E-state index contributed by atoms with van der Waals surface area (Å²) in [7, 11) is 0. The van der Waals surface area contributed by atoms with Crippen LogP contribution in [0.2, 0.25) is 0 Å². The Morgan fingerprint density at radius 3 is 2.41 bits per heavy atom. The molecule has 0 aliphatic rings. The van der Waals surface area contributed by atoms with Gasteiger partial charge < -0.3 is 4.57 Å². The summed E-state index contributed by atoms with van der Waals surface area (Å²) in [5, 5.41) is 0. The second kappa shape index (κ2) is 9.29. The molecular formula is C25H27N3S. The van der Waals surface area contributed by atoms with Crippen molar-refractivity contribution in [2.45, 2.75) is 44.2 Å². The third kappa shape index (κ3) is 5.08. The Labute approximate surface area is 177 Å². The van der Waals surface area contributed by atoms with Crippen molar-refractivity contribution in [2.24, 2.45) is 0 Å². The van der Waals surface area contributed by atoms with Crippen LogP contribution in [0, 0.1) is 6.92 Å². The molecule has 4 rings (SSSR count). The number of nitrogens with one attached hydrogen (secondary N) is 1. The quantitative estimate of drug-likeness (QED) is 0.367. The number of benzene rings is 3. The summed E-state index contributed by atoms with van der Waals surface area (Å²) in [6, 6.07) is 28.3. The lowest BCUT2D eigenvalue weighted by Gasteiger charge is -2.13. The molecule has 29 heavy (non-hydrogen) atoms. The van der Waals surface area contributed by atoms with Gasteiger partial charge in [0.25, 0.3) is 0 Å². The van der Waals surface area contributed by atoms with Gasteiger partial charge in [-0.05, 0) is 74.0 Å². The van der Waals surface area contributed by atoms with Crippen LogP contribution in [-0.2, 0) is 13.0 Å². The lowest BCUT2D eigenvalue weighted by Crippen LogP contribution is -2.19. The van der Waals surface area contributed by atoms with Gasteiger partial charge in [0.2, 0.25) is 0 Å². The van der Waals surface area contributed by atoms with E-state index in [-0.39, 0.29) is 0 Å². The van der Waals surface area contributed by atoms with Crippen LogP contribution in [0.5, 0.6) is 0 Å². The zero-order valence-electron chi connectivity index (χ0n) is 17.0. The third-order valence-corrected chi connectivity index (χ3v) is 6.22. The predicted octanol–water partition coefficient (Wildman–Crippen LogP) is 6.01. The van der Waals surface area contributed by atoms with Crippen LogP contribution < -0.4 is 4.72 Å². The van der Waals surface area contributed by atoms with Crippen molar-refractivity contribution < 1.29 is 0 Å². The third-order valence-electron chi connectivity index (χ3n) is 5.20. The van der Waals surface area contributed by atoms with Gasteiger partial charge in [-0.2, -0.15) is 0 Å². The Hall–Kier alpha value is -2.56. The Bertz CT molecular complexity index is 1050. The highest BCUT2D eigenvalue weighted by molar-refractivity contribution is 7.97. The first-order valence-corrected chi connectivity index (χ1v) is 11.0. The zero-order chi connectivity index (χ0) is 20.1. The maximum Gasteiger partial charge on any atom is 0.107 e. The molecule has 4 heteroatoms. The normalized spacial score (nSPS) is 12.3. The highest BCUT2D eigenvalue weighted by atomic mass is 32.2. The monoisotopic (exact) mass is 401 g/mol. The van der Waals surface area contributed by atoms with E-state index < -0.39 is 0 Å². The number of imidazole rings is 1. The molecule has 4 aromatic rings. The van der Waals surface area contributed by atoms with E-state index in [0.717, 1.165) is 30.7 Å². The van der Waals surface area contributed by atoms with E-state index in [0.29, 0.717) is 6.04 Å². The Morgan fingerprint density at radius 2 is 1.62 bits per heavy atom. The van der Waals surface area contributed by atoms with Gasteiger partial charge in [-0.3, -0.25) is 4.72 Å². The maximum absolute atomic E-state index is 4.66. The molecule has 0 fully saturated rings. The highest BCUT2D eigenvalue weighted by Crippen LogP contribution is 2.20. The summed E-state index contributed by atoms with van der Waals surface area (Å²) in [5.74, 6) is 1.05. The predicted molar refractivity (Wildman–Crippen MR) is 123 cm³/mol. The van der Waals surface area contributed by atoms with Crippen molar-refractivity contribution in [3.63, 3.8) is 0 Å². The molecule has 0 radical (unpaired) electrons. The van der Waals surface area contributed by atoms with E-state index in [1.807, 2.05) is 6.07 Å². The summed E-state index contributed by atoms with van der Waals surface area (Å²) in [6.07, 6.45) is 2.23. The van der Waals surface area contributed by atoms with Crippen LogP contribution in [0.1, 0.15) is 30.3 Å². The van der Waals surface area contributed by atoms with Crippen molar-refractivity contribution in [1.29, 1.82) is 0 Å². The summed E-state index contributed by atoms with van der Waals surface area (Å²) in [5.41, 5.74) is 4.94. The first-order chi connectivity index (χ1) is 14.2. The van der Waals surface area contributed by atoms with E-state index >= 15 is 0 Å². The number of para-hydroxylation sites is 2. The molecule has 0 amide bonds. The molecule has 0 aliphatic heterocycles. The molecule has 1 N–H and O–H groups in total. The molecule has 148 valence electrons. The van der Waals surface area contributed by atoms with Crippen LogP contribution >= 0.6 is 11.9 Å². The van der Waals surface area contributed by atoms with Gasteiger partial charge in [-0.15, -0.1) is 0 Å². The van der Waals surface area contributed by atoms with Gasteiger partial charge in [0.1, 0.15) is 5.82 Å². The Balaban J connectivity index is 1.31. The van der Waals surface area contributed by atoms with Crippen molar-refractivity contribution in [3.05, 3.63) is 95.8 Å². The molecule has 1 heterocycles. The summed E-state index contributed by atoms with van der Waals surface area (Å²) in [4.78, 5) is 5.91. The molecular weight excluding hydrogens is 374 g/mol. The number of fused-ring (bicyclic) bond motifs is 1. The minimum Gasteiger partial charge on any atom is -0.324 e. The molecule has 1 atom stereocenters. The van der Waals surface area contributed by atoms with Crippen molar-refractivity contribution >= 4 is 23.0 Å². The second-order valence-electron chi connectivity index (χ2n) is 7.52. The standard InChI is InChI=1S/C25H27N3S/c1-19(12-13-21-8-4-3-5-9-21)27-29-23-16-14-22(15-17-23)18-28-20(2)26-24-10-6-7-11-25(24)28/h3-11,14-17,19,27H,12-13,18H2,1-2H3. The minimum absolute atomic E-state index is 0.458. The maximum atomic E-state index is 4.66. The molecule has 0 saturated carbocycles. The van der Waals surface area contributed by atoms with Crippen LogP contribution in [0.25, 0.3) is 11.0 Å². The van der Waals surface area contributed by atoms with Crippen molar-refractivity contribution in [1.82, 2.24) is 14.3 Å². The first-order valence-electron chi connectivity index (χ1n) is 10.2. The van der Waals surface area contributed by atoms with Crippen LogP contribution in [0.15, 0.2) is 83.8 Å². The number of hydrogen-bond donors (Lipinski definition) is 1. The fourth-order valence-corrected chi connectivity index (χ4v) is 4.22. The number of rotatable bonds is 8. The number of aromatic nitrogens is 2. The fraction of sp³-hybridized carbons (Fsp3) is 0.240. The van der Waals surface area contributed by atoms with E-state index in [1.165, 1.54) is 21.5 Å². The largest absolute Gasteiger partial charge is 0.324 e. The Kier molecular flexibility index (Phi) is 6.33. The van der Waals surface area contributed by atoms with Gasteiger partial charge in [0, 0.05) is 17.5 Å². The molecule has 3 nitrogen and oxygen atoms in total. The minimum atomic E-state index is 0.458.